The van der Waals surface area contributed by atoms with Crippen LogP contribution in [0.2, 0.25) is 10.0 Å². The number of halogens is 2. The Bertz CT molecular complexity index is 1560. The van der Waals surface area contributed by atoms with Crippen LogP contribution in [0.25, 0.3) is 10.9 Å². The predicted octanol–water partition coefficient (Wildman–Crippen LogP) is 6.09. The van der Waals surface area contributed by atoms with Crippen LogP contribution in [0.4, 0.5) is 16.2 Å². The number of carbonyl (C=O) groups excluding carboxylic acids is 2. The Hall–Kier alpha value is -4.41. The Balaban J connectivity index is 1.41. The van der Waals surface area contributed by atoms with Crippen LogP contribution in [-0.4, -0.2) is 35.5 Å². The van der Waals surface area contributed by atoms with E-state index in [0.717, 1.165) is 11.1 Å². The highest BCUT2D eigenvalue weighted by Crippen LogP contribution is 2.35. The van der Waals surface area contributed by atoms with Crippen LogP contribution in [0, 0.1) is 17.0 Å². The summed E-state index contributed by atoms with van der Waals surface area (Å²) in [6.45, 7) is 1.53. The third-order valence-electron chi connectivity index (χ3n) is 5.74. The maximum Gasteiger partial charge on any atom is 0.413 e. The minimum Gasteiger partial charge on any atom is -0.487 e. The molecule has 0 fully saturated rings. The number of nitro benzene ring substituents is 1. The Labute approximate surface area is 233 Å². The maximum absolute atomic E-state index is 12.8. The number of nitro groups is 1. The van der Waals surface area contributed by atoms with Gasteiger partial charge in [-0.15, -0.1) is 0 Å². The molecule has 1 heterocycles. The van der Waals surface area contributed by atoms with Crippen molar-refractivity contribution in [2.45, 2.75) is 13.5 Å². The first-order valence-electron chi connectivity index (χ1n) is 11.6. The molecule has 12 heteroatoms. The predicted molar refractivity (Wildman–Crippen MR) is 148 cm³/mol. The first kappa shape index (κ1) is 27.6. The van der Waals surface area contributed by atoms with Crippen LogP contribution in [0.1, 0.15) is 11.3 Å². The van der Waals surface area contributed by atoms with Crippen LogP contribution >= 0.6 is 23.2 Å². The molecule has 0 bridgehead atoms. The number of para-hydroxylation sites is 1. The second-order valence-corrected chi connectivity index (χ2v) is 9.16. The largest absolute Gasteiger partial charge is 0.487 e. The molecule has 0 unspecified atom stereocenters. The number of pyridine rings is 1. The van der Waals surface area contributed by atoms with Crippen molar-refractivity contribution in [2.75, 3.05) is 18.5 Å². The van der Waals surface area contributed by atoms with E-state index >= 15 is 0 Å². The summed E-state index contributed by atoms with van der Waals surface area (Å²) < 4.78 is 11.1. The molecule has 10 nitrogen and oxygen atoms in total. The molecule has 4 aromatic rings. The maximum atomic E-state index is 12.8. The van der Waals surface area contributed by atoms with Crippen LogP contribution in [0.15, 0.2) is 66.7 Å². The number of hydrogen-bond donors (Lipinski definition) is 1. The second kappa shape index (κ2) is 12.0. The van der Waals surface area contributed by atoms with Crippen molar-refractivity contribution in [1.29, 1.82) is 0 Å². The van der Waals surface area contributed by atoms with Gasteiger partial charge in [0.25, 0.3) is 5.69 Å². The van der Waals surface area contributed by atoms with Crippen LogP contribution < -0.4 is 19.7 Å². The Morgan fingerprint density at radius 1 is 1.05 bits per heavy atom. The van der Waals surface area contributed by atoms with Gasteiger partial charge in [0.2, 0.25) is 5.91 Å². The van der Waals surface area contributed by atoms with Crippen LogP contribution in [-0.2, 0) is 11.4 Å². The van der Waals surface area contributed by atoms with Crippen molar-refractivity contribution in [3.63, 3.8) is 0 Å². The number of hydrogen-bond acceptors (Lipinski definition) is 7. The van der Waals surface area contributed by atoms with E-state index in [1.54, 1.807) is 18.2 Å². The molecule has 4 rings (SSSR count). The summed E-state index contributed by atoms with van der Waals surface area (Å²) in [4.78, 5) is 40.9. The standard InChI is InChI=1S/C27H22Cl2N4O6/c1-16-6-7-17-4-3-5-23(26(17)31-16)38-15-20-21(28)12-13-22(25(20)29)32(2)24(34)14-30-27(35)39-19-10-8-18(9-11-19)33(36)37/h3-13H,14-15H2,1-2H3,(H,30,35). The molecule has 0 aliphatic carbocycles. The fourth-order valence-electron chi connectivity index (χ4n) is 3.64. The zero-order chi connectivity index (χ0) is 28.1. The van der Waals surface area contributed by atoms with Crippen molar-refractivity contribution < 1.29 is 24.0 Å². The van der Waals surface area contributed by atoms with E-state index in [2.05, 4.69) is 10.3 Å². The van der Waals surface area contributed by atoms with Crippen molar-refractivity contribution in [2.24, 2.45) is 0 Å². The number of likely N-dealkylation sites (N-methyl/N-ethyl adjacent to an activating group) is 1. The van der Waals surface area contributed by atoms with E-state index in [0.29, 0.717) is 27.5 Å². The first-order chi connectivity index (χ1) is 18.6. The lowest BCUT2D eigenvalue weighted by atomic mass is 10.1. The third-order valence-corrected chi connectivity index (χ3v) is 6.51. The molecule has 1 N–H and O–H groups in total. The van der Waals surface area contributed by atoms with Gasteiger partial charge in [0.05, 0.1) is 15.6 Å². The normalized spacial score (nSPS) is 10.7. The zero-order valence-corrected chi connectivity index (χ0v) is 22.3. The molecular formula is C27H22Cl2N4O6. The number of anilines is 1. The third kappa shape index (κ3) is 6.54. The van der Waals surface area contributed by atoms with Gasteiger partial charge in [0, 0.05) is 40.8 Å². The van der Waals surface area contributed by atoms with Crippen molar-refractivity contribution in [1.82, 2.24) is 10.3 Å². The zero-order valence-electron chi connectivity index (χ0n) is 20.8. The second-order valence-electron chi connectivity index (χ2n) is 8.38. The average Bonchev–Trinajstić information content (AvgIpc) is 2.91. The lowest BCUT2D eigenvalue weighted by Crippen LogP contribution is -2.39. The number of rotatable bonds is 8. The van der Waals surface area contributed by atoms with E-state index in [1.165, 1.54) is 36.2 Å². The van der Waals surface area contributed by atoms with E-state index in [-0.39, 0.29) is 23.1 Å². The minimum atomic E-state index is -0.902. The van der Waals surface area contributed by atoms with Gasteiger partial charge in [0.1, 0.15) is 30.2 Å². The molecule has 0 aliphatic rings. The number of nitrogens with one attached hydrogen (secondary N) is 1. The molecule has 2 amide bonds. The highest BCUT2D eigenvalue weighted by Gasteiger charge is 2.20. The van der Waals surface area contributed by atoms with Gasteiger partial charge < -0.3 is 19.7 Å². The molecule has 0 saturated heterocycles. The van der Waals surface area contributed by atoms with Crippen molar-refractivity contribution in [3.8, 4) is 11.5 Å². The van der Waals surface area contributed by atoms with Gasteiger partial charge in [-0.2, -0.15) is 0 Å². The average molecular weight is 569 g/mol. The Morgan fingerprint density at radius 2 is 1.79 bits per heavy atom. The topological polar surface area (TPSA) is 124 Å². The van der Waals surface area contributed by atoms with E-state index < -0.39 is 23.5 Å². The van der Waals surface area contributed by atoms with Crippen molar-refractivity contribution in [3.05, 3.63) is 98.1 Å². The number of nitrogens with zero attached hydrogens (tertiary/aromatic N) is 3. The number of aryl methyl sites for hydroxylation is 1. The number of carbonyl (C=O) groups is 2. The van der Waals surface area contributed by atoms with Crippen LogP contribution in [0.5, 0.6) is 11.5 Å². The van der Waals surface area contributed by atoms with E-state index in [4.69, 9.17) is 32.7 Å². The van der Waals surface area contributed by atoms with Gasteiger partial charge in [-0.3, -0.25) is 14.9 Å². The van der Waals surface area contributed by atoms with Crippen molar-refractivity contribution >= 4 is 57.5 Å². The highest BCUT2D eigenvalue weighted by molar-refractivity contribution is 6.38. The summed E-state index contributed by atoms with van der Waals surface area (Å²) in [6, 6.07) is 17.6. The summed E-state index contributed by atoms with van der Waals surface area (Å²) in [5.41, 5.74) is 2.25. The fourth-order valence-corrected chi connectivity index (χ4v) is 4.25. The van der Waals surface area contributed by atoms with E-state index in [9.17, 15) is 19.7 Å². The summed E-state index contributed by atoms with van der Waals surface area (Å²) in [5.74, 6) is 0.162. The fraction of sp³-hybridized carbons (Fsp3) is 0.148. The number of benzene rings is 3. The lowest BCUT2D eigenvalue weighted by Gasteiger charge is -2.21. The summed E-state index contributed by atoms with van der Waals surface area (Å²) in [6.07, 6.45) is -0.902. The molecule has 0 spiro atoms. The Kier molecular flexibility index (Phi) is 8.48. The quantitative estimate of drug-likeness (QED) is 0.201. The highest BCUT2D eigenvalue weighted by atomic mass is 35.5. The monoisotopic (exact) mass is 568 g/mol. The van der Waals surface area contributed by atoms with Crippen LogP contribution in [0.3, 0.4) is 0 Å². The van der Waals surface area contributed by atoms with Gasteiger partial charge in [-0.1, -0.05) is 41.4 Å². The molecule has 0 saturated carbocycles. The molecule has 3 aromatic carbocycles. The summed E-state index contributed by atoms with van der Waals surface area (Å²) in [5, 5.41) is 14.6. The lowest BCUT2D eigenvalue weighted by molar-refractivity contribution is -0.384. The molecule has 39 heavy (non-hydrogen) atoms. The van der Waals surface area contributed by atoms with Gasteiger partial charge in [0.15, 0.2) is 0 Å². The molecule has 0 aliphatic heterocycles. The minimum absolute atomic E-state index is 0.0298. The van der Waals surface area contributed by atoms with Gasteiger partial charge in [-0.05, 0) is 43.3 Å². The van der Waals surface area contributed by atoms with E-state index in [1.807, 2.05) is 31.2 Å². The number of aromatic nitrogens is 1. The Morgan fingerprint density at radius 3 is 2.51 bits per heavy atom. The molecule has 1 aromatic heterocycles. The molecule has 0 atom stereocenters. The molecular weight excluding hydrogens is 547 g/mol. The summed E-state index contributed by atoms with van der Waals surface area (Å²) >= 11 is 13.0. The van der Waals surface area contributed by atoms with Gasteiger partial charge >= 0.3 is 6.09 Å². The number of non-ortho nitro benzene ring substituents is 1. The number of fused-ring (bicyclic) bond motifs is 1. The first-order valence-corrected chi connectivity index (χ1v) is 12.3. The SMILES string of the molecule is Cc1ccc2cccc(OCc3c(Cl)ccc(N(C)C(=O)CNC(=O)Oc4ccc([N+](=O)[O-])cc4)c3Cl)c2n1. The molecule has 200 valence electrons. The molecule has 0 radical (unpaired) electrons. The number of ether oxygens (including phenoxy) is 2. The summed E-state index contributed by atoms with van der Waals surface area (Å²) in [7, 11) is 1.50. The van der Waals surface area contributed by atoms with Gasteiger partial charge in [-0.25, -0.2) is 9.78 Å². The number of amides is 2. The smallest absolute Gasteiger partial charge is 0.413 e.